The zero-order valence-electron chi connectivity index (χ0n) is 18.7. The lowest BCUT2D eigenvalue weighted by atomic mass is 10.2. The van der Waals surface area contributed by atoms with Crippen molar-refractivity contribution in [2.24, 2.45) is 9.98 Å². The summed E-state index contributed by atoms with van der Waals surface area (Å²) in [6.45, 7) is 17.2. The second kappa shape index (κ2) is 18.2. The van der Waals surface area contributed by atoms with Crippen molar-refractivity contribution < 1.29 is 0 Å². The average molecular weight is 484 g/mol. The molecule has 7 heteroatoms. The number of thioether (sulfide) groups is 2. The maximum Gasteiger partial charge on any atom is 0.156 e. The van der Waals surface area contributed by atoms with Gasteiger partial charge in [0.2, 0.25) is 0 Å². The van der Waals surface area contributed by atoms with Crippen molar-refractivity contribution in [2.45, 2.75) is 105 Å². The number of hydrogen-bond acceptors (Lipinski definition) is 4. The van der Waals surface area contributed by atoms with Crippen molar-refractivity contribution in [2.75, 3.05) is 11.5 Å². The number of nitrogens with one attached hydrogen (secondary N) is 2. The smallest absolute Gasteiger partial charge is 0.156 e. The Balaban J connectivity index is 0. The van der Waals surface area contributed by atoms with Gasteiger partial charge in [-0.3, -0.25) is 9.98 Å². The summed E-state index contributed by atoms with van der Waals surface area (Å²) < 4.78 is 0. The fourth-order valence-corrected chi connectivity index (χ4v) is 4.38. The Morgan fingerprint density at radius 3 is 1.22 bits per heavy atom. The number of hydrogen-bond donors (Lipinski definition) is 2. The highest BCUT2D eigenvalue weighted by molar-refractivity contribution is 8.93. The number of unbranched alkanes of at least 4 members (excludes halogenated alkanes) is 3. The molecule has 0 bridgehead atoms. The summed E-state index contributed by atoms with van der Waals surface area (Å²) in [5.74, 6) is 2.29. The highest BCUT2D eigenvalue weighted by Crippen LogP contribution is 2.13. The fourth-order valence-electron chi connectivity index (χ4n) is 2.09. The first-order chi connectivity index (χ1) is 12.2. The zero-order chi connectivity index (χ0) is 19.9. The number of aliphatic imine (C=N–C) groups is 2. The molecular formula is C20H43BrN4S2. The number of rotatable bonds is 11. The van der Waals surface area contributed by atoms with E-state index in [1.165, 1.54) is 25.7 Å². The lowest BCUT2D eigenvalue weighted by Crippen LogP contribution is -2.29. The van der Waals surface area contributed by atoms with Gasteiger partial charge < -0.3 is 10.6 Å². The zero-order valence-corrected chi connectivity index (χ0v) is 22.0. The Morgan fingerprint density at radius 2 is 0.963 bits per heavy atom. The first kappa shape index (κ1) is 29.3. The summed E-state index contributed by atoms with van der Waals surface area (Å²) in [6.07, 6.45) is 5.09. The second-order valence-corrected chi connectivity index (χ2v) is 9.93. The molecule has 0 aromatic rings. The first-order valence-electron chi connectivity index (χ1n) is 10.1. The molecule has 27 heavy (non-hydrogen) atoms. The first-order valence-corrected chi connectivity index (χ1v) is 12.1. The molecular weight excluding hydrogens is 440 g/mol. The van der Waals surface area contributed by atoms with E-state index in [-0.39, 0.29) is 17.0 Å². The molecule has 0 spiro atoms. The predicted octanol–water partition coefficient (Wildman–Crippen LogP) is 6.12. The van der Waals surface area contributed by atoms with Crippen LogP contribution in [0, 0.1) is 0 Å². The summed E-state index contributed by atoms with van der Waals surface area (Å²) >= 11 is 3.73. The molecule has 0 saturated carbocycles. The molecule has 0 amide bonds. The van der Waals surface area contributed by atoms with Gasteiger partial charge in [-0.25, -0.2) is 0 Å². The summed E-state index contributed by atoms with van der Waals surface area (Å²) in [5, 5.41) is 9.10. The molecule has 0 rings (SSSR count). The van der Waals surface area contributed by atoms with E-state index >= 15 is 0 Å². The van der Waals surface area contributed by atoms with Crippen LogP contribution in [0.2, 0.25) is 0 Å². The fraction of sp³-hybridized carbons (Fsp3) is 0.900. The van der Waals surface area contributed by atoms with E-state index in [4.69, 9.17) is 0 Å². The molecule has 2 N–H and O–H groups in total. The molecule has 0 aliphatic rings. The van der Waals surface area contributed by atoms with Crippen LogP contribution >= 0.6 is 40.5 Å². The minimum atomic E-state index is 0. The van der Waals surface area contributed by atoms with E-state index in [1.807, 2.05) is 23.5 Å². The van der Waals surface area contributed by atoms with E-state index in [1.54, 1.807) is 0 Å². The third-order valence-electron chi connectivity index (χ3n) is 3.09. The molecule has 0 heterocycles. The van der Waals surface area contributed by atoms with Crippen molar-refractivity contribution in [3.05, 3.63) is 0 Å². The topological polar surface area (TPSA) is 48.8 Å². The minimum absolute atomic E-state index is 0. The molecule has 0 unspecified atom stereocenters. The van der Waals surface area contributed by atoms with Crippen molar-refractivity contribution in [1.29, 1.82) is 0 Å². The molecule has 0 atom stereocenters. The summed E-state index contributed by atoms with van der Waals surface area (Å²) in [7, 11) is 0. The van der Waals surface area contributed by atoms with Gasteiger partial charge in [-0.15, -0.1) is 17.0 Å². The standard InChI is InChI=1S/C20H42N4S2.BrH/c1-15(2)21-19(22-16(3)4)25-13-11-9-10-12-14-26-20(23-17(5)6)24-18(7)8;/h15-18H,9-14H2,1-8H3,(H,21,22)(H,23,24);1H. The number of nitrogens with zero attached hydrogens (tertiary/aromatic N) is 2. The maximum absolute atomic E-state index is 4.68. The normalized spacial score (nSPS) is 12.9. The SMILES string of the molecule is Br.CC(C)N=C(NC(C)C)SCCCCCCSC(=NC(C)C)NC(C)C. The molecule has 0 aliphatic heterocycles. The highest BCUT2D eigenvalue weighted by atomic mass is 79.9. The van der Waals surface area contributed by atoms with Crippen molar-refractivity contribution in [1.82, 2.24) is 10.6 Å². The molecule has 0 saturated heterocycles. The Hall–Kier alpha value is 0.120. The minimum Gasteiger partial charge on any atom is -0.363 e. The summed E-state index contributed by atoms with van der Waals surface area (Å²) in [6, 6.07) is 1.58. The van der Waals surface area contributed by atoms with Gasteiger partial charge in [0.05, 0.1) is 0 Å². The maximum atomic E-state index is 4.68. The van der Waals surface area contributed by atoms with Crippen LogP contribution in [0.25, 0.3) is 0 Å². The summed E-state index contributed by atoms with van der Waals surface area (Å²) in [4.78, 5) is 9.35. The summed E-state index contributed by atoms with van der Waals surface area (Å²) in [5.41, 5.74) is 0. The van der Waals surface area contributed by atoms with Crippen LogP contribution < -0.4 is 10.6 Å². The Morgan fingerprint density at radius 1 is 0.630 bits per heavy atom. The molecule has 0 aromatic heterocycles. The third-order valence-corrected chi connectivity index (χ3v) is 5.07. The average Bonchev–Trinajstić information content (AvgIpc) is 2.47. The Kier molecular flexibility index (Phi) is 19.7. The largest absolute Gasteiger partial charge is 0.363 e. The van der Waals surface area contributed by atoms with Crippen LogP contribution in [-0.4, -0.2) is 46.0 Å². The van der Waals surface area contributed by atoms with E-state index < -0.39 is 0 Å². The molecule has 0 radical (unpaired) electrons. The molecule has 4 nitrogen and oxygen atoms in total. The lowest BCUT2D eigenvalue weighted by molar-refractivity contribution is 0.709. The van der Waals surface area contributed by atoms with Gasteiger partial charge in [-0.2, -0.15) is 0 Å². The van der Waals surface area contributed by atoms with Gasteiger partial charge in [0.1, 0.15) is 0 Å². The van der Waals surface area contributed by atoms with Crippen LogP contribution in [0.1, 0.15) is 81.1 Å². The molecule has 0 aliphatic carbocycles. The van der Waals surface area contributed by atoms with Gasteiger partial charge in [0.25, 0.3) is 0 Å². The quantitative estimate of drug-likeness (QED) is 0.211. The van der Waals surface area contributed by atoms with Crippen molar-refractivity contribution in [3.8, 4) is 0 Å². The van der Waals surface area contributed by atoms with E-state index in [0.29, 0.717) is 24.2 Å². The highest BCUT2D eigenvalue weighted by Gasteiger charge is 2.05. The monoisotopic (exact) mass is 482 g/mol. The van der Waals surface area contributed by atoms with E-state index in [9.17, 15) is 0 Å². The van der Waals surface area contributed by atoms with Crippen molar-refractivity contribution in [3.63, 3.8) is 0 Å². The van der Waals surface area contributed by atoms with Gasteiger partial charge in [0.15, 0.2) is 10.3 Å². The molecule has 0 fully saturated rings. The Bertz CT molecular complexity index is 373. The molecule has 0 aromatic carbocycles. The molecule has 162 valence electrons. The Labute approximate surface area is 187 Å². The van der Waals surface area contributed by atoms with Gasteiger partial charge in [-0.1, -0.05) is 36.4 Å². The second-order valence-electron chi connectivity index (χ2n) is 7.77. The van der Waals surface area contributed by atoms with E-state index in [0.717, 1.165) is 21.8 Å². The van der Waals surface area contributed by atoms with Crippen LogP contribution in [0.15, 0.2) is 9.98 Å². The van der Waals surface area contributed by atoms with Gasteiger partial charge >= 0.3 is 0 Å². The van der Waals surface area contributed by atoms with Crippen molar-refractivity contribution >= 4 is 50.8 Å². The van der Waals surface area contributed by atoms with Crippen LogP contribution in [0.5, 0.6) is 0 Å². The lowest BCUT2D eigenvalue weighted by Gasteiger charge is -2.14. The van der Waals surface area contributed by atoms with Gasteiger partial charge in [-0.05, 0) is 68.2 Å². The third kappa shape index (κ3) is 20.7. The van der Waals surface area contributed by atoms with Crippen LogP contribution in [0.4, 0.5) is 0 Å². The number of halogens is 1. The van der Waals surface area contributed by atoms with Crippen LogP contribution in [-0.2, 0) is 0 Å². The van der Waals surface area contributed by atoms with E-state index in [2.05, 4.69) is 76.0 Å². The van der Waals surface area contributed by atoms with Crippen LogP contribution in [0.3, 0.4) is 0 Å². The van der Waals surface area contributed by atoms with Gasteiger partial charge in [0, 0.05) is 35.7 Å². The number of amidine groups is 2. The predicted molar refractivity (Wildman–Crippen MR) is 135 cm³/mol.